The summed E-state index contributed by atoms with van der Waals surface area (Å²) in [6, 6.07) is 4.20. The van der Waals surface area contributed by atoms with Crippen LogP contribution in [0.15, 0.2) is 36.9 Å². The molecule has 0 saturated heterocycles. The molecule has 1 heterocycles. The molecule has 1 atom stereocenters. The Morgan fingerprint density at radius 1 is 1.48 bits per heavy atom. The number of carbonyl (C=O) groups is 1. The first-order valence-electron chi connectivity index (χ1n) is 8.50. The summed E-state index contributed by atoms with van der Waals surface area (Å²) in [7, 11) is 1.65. The van der Waals surface area contributed by atoms with Crippen molar-refractivity contribution in [3.8, 4) is 11.5 Å². The second-order valence-electron chi connectivity index (χ2n) is 6.24. The predicted molar refractivity (Wildman–Crippen MR) is 97.8 cm³/mol. The smallest absolute Gasteiger partial charge is 0.333 e. The van der Waals surface area contributed by atoms with E-state index in [-0.39, 0.29) is 12.0 Å². The third kappa shape index (κ3) is 4.63. The Balaban J connectivity index is 2.14. The Kier molecular flexibility index (Phi) is 6.65. The molecule has 25 heavy (non-hydrogen) atoms. The molecule has 0 spiro atoms. The molecule has 2 rings (SSSR count). The molecular formula is C20H27NO4. The van der Waals surface area contributed by atoms with Crippen molar-refractivity contribution in [2.45, 2.75) is 39.3 Å². The molecule has 0 aliphatic carbocycles. The minimum Gasteiger partial charge on any atom is -0.493 e. The summed E-state index contributed by atoms with van der Waals surface area (Å²) in [5.74, 6) is 1.18. The molecule has 0 N–H and O–H groups in total. The van der Waals surface area contributed by atoms with Crippen LogP contribution >= 0.6 is 0 Å². The summed E-state index contributed by atoms with van der Waals surface area (Å²) < 4.78 is 16.7. The predicted octanol–water partition coefficient (Wildman–Crippen LogP) is 3.47. The largest absolute Gasteiger partial charge is 0.493 e. The van der Waals surface area contributed by atoms with Crippen molar-refractivity contribution >= 4 is 5.97 Å². The molecule has 0 aromatic heterocycles. The van der Waals surface area contributed by atoms with E-state index in [1.807, 2.05) is 12.1 Å². The van der Waals surface area contributed by atoms with Gasteiger partial charge in [-0.1, -0.05) is 25.6 Å². The lowest BCUT2D eigenvalue weighted by Crippen LogP contribution is -2.43. The molecule has 1 unspecified atom stereocenters. The minimum absolute atomic E-state index is 0.0884. The number of esters is 1. The first-order valence-corrected chi connectivity index (χ1v) is 8.50. The van der Waals surface area contributed by atoms with Crippen LogP contribution in [-0.4, -0.2) is 37.4 Å². The Bertz CT molecular complexity index is 653. The van der Waals surface area contributed by atoms with E-state index in [9.17, 15) is 4.79 Å². The van der Waals surface area contributed by atoms with Crippen LogP contribution in [0.1, 0.15) is 31.4 Å². The van der Waals surface area contributed by atoms with Crippen molar-refractivity contribution < 1.29 is 19.0 Å². The normalized spacial score (nSPS) is 14.8. The lowest BCUT2D eigenvalue weighted by molar-refractivity contribution is -0.141. The monoisotopic (exact) mass is 345 g/mol. The van der Waals surface area contributed by atoms with Gasteiger partial charge in [-0.05, 0) is 31.4 Å². The number of allylic oxidation sites excluding steroid dienone is 1. The maximum absolute atomic E-state index is 11.6. The van der Waals surface area contributed by atoms with Gasteiger partial charge < -0.3 is 14.2 Å². The summed E-state index contributed by atoms with van der Waals surface area (Å²) in [5, 5.41) is 0. The minimum atomic E-state index is -0.355. The Labute approximate surface area is 149 Å². The number of rotatable bonds is 8. The summed E-state index contributed by atoms with van der Waals surface area (Å²) >= 11 is 0. The van der Waals surface area contributed by atoms with Crippen LogP contribution in [0, 0.1) is 0 Å². The highest BCUT2D eigenvalue weighted by molar-refractivity contribution is 5.86. The topological polar surface area (TPSA) is 48.0 Å². The second kappa shape index (κ2) is 8.72. The molecule has 5 nitrogen and oxygen atoms in total. The highest BCUT2D eigenvalue weighted by atomic mass is 16.5. The summed E-state index contributed by atoms with van der Waals surface area (Å²) in [5.41, 5.74) is 2.62. The number of nitrogens with zero attached hydrogens (tertiary/aromatic N) is 1. The first kappa shape index (κ1) is 19.1. The number of ether oxygens (including phenoxy) is 3. The Morgan fingerprint density at radius 3 is 2.84 bits per heavy atom. The summed E-state index contributed by atoms with van der Waals surface area (Å²) in [6.07, 6.45) is 3.50. The van der Waals surface area contributed by atoms with Gasteiger partial charge in [-0.2, -0.15) is 0 Å². The number of fused-ring (bicyclic) bond motifs is 1. The fraction of sp³-hybridized carbons (Fsp3) is 0.450. The number of hydrogen-bond acceptors (Lipinski definition) is 5. The van der Waals surface area contributed by atoms with Crippen LogP contribution in [0.25, 0.3) is 0 Å². The Hall–Kier alpha value is -2.27. The zero-order valence-electron chi connectivity index (χ0n) is 15.3. The molecular weight excluding hydrogens is 318 g/mol. The number of benzene rings is 1. The van der Waals surface area contributed by atoms with Crippen molar-refractivity contribution in [2.24, 2.45) is 0 Å². The lowest BCUT2D eigenvalue weighted by atomic mass is 10.0. The third-order valence-electron chi connectivity index (χ3n) is 4.28. The van der Waals surface area contributed by atoms with Crippen molar-refractivity contribution in [3.05, 3.63) is 48.1 Å². The van der Waals surface area contributed by atoms with Gasteiger partial charge in [0.05, 0.1) is 7.11 Å². The van der Waals surface area contributed by atoms with E-state index < -0.39 is 0 Å². The van der Waals surface area contributed by atoms with Crippen molar-refractivity contribution in [3.63, 3.8) is 0 Å². The van der Waals surface area contributed by atoms with E-state index in [0.29, 0.717) is 18.9 Å². The number of carbonyl (C=O) groups excluding carboxylic acids is 1. The second-order valence-corrected chi connectivity index (χ2v) is 6.24. The maximum atomic E-state index is 11.6. The van der Waals surface area contributed by atoms with Crippen molar-refractivity contribution in [1.29, 1.82) is 0 Å². The van der Waals surface area contributed by atoms with Gasteiger partial charge in [0.25, 0.3) is 0 Å². The highest BCUT2D eigenvalue weighted by Gasteiger charge is 2.27. The highest BCUT2D eigenvalue weighted by Crippen LogP contribution is 2.37. The lowest BCUT2D eigenvalue weighted by Gasteiger charge is -2.35. The average Bonchev–Trinajstić information content (AvgIpc) is 2.61. The fourth-order valence-corrected chi connectivity index (χ4v) is 2.86. The van der Waals surface area contributed by atoms with Gasteiger partial charge >= 0.3 is 5.97 Å². The van der Waals surface area contributed by atoms with Crippen LogP contribution < -0.4 is 9.47 Å². The van der Waals surface area contributed by atoms with Gasteiger partial charge in [-0.25, -0.2) is 4.79 Å². The van der Waals surface area contributed by atoms with Gasteiger partial charge in [0.1, 0.15) is 13.3 Å². The van der Waals surface area contributed by atoms with Crippen LogP contribution in [-0.2, 0) is 22.5 Å². The van der Waals surface area contributed by atoms with Gasteiger partial charge in [-0.3, -0.25) is 4.90 Å². The third-order valence-corrected chi connectivity index (χ3v) is 4.28. The van der Waals surface area contributed by atoms with E-state index in [4.69, 9.17) is 14.2 Å². The number of methoxy groups -OCH3 is 1. The van der Waals surface area contributed by atoms with Gasteiger partial charge in [0.15, 0.2) is 11.5 Å². The van der Waals surface area contributed by atoms with E-state index >= 15 is 0 Å². The molecule has 0 amide bonds. The van der Waals surface area contributed by atoms with Crippen molar-refractivity contribution in [1.82, 2.24) is 4.90 Å². The van der Waals surface area contributed by atoms with E-state index in [1.165, 1.54) is 0 Å². The van der Waals surface area contributed by atoms with Crippen molar-refractivity contribution in [2.75, 3.05) is 20.4 Å². The molecule has 1 aliphatic rings. The SMILES string of the molecule is C=CCc1cc2c(c(OC)c1)OCN(C(CC)COC(=O)C(=C)C)C2. The van der Waals surface area contributed by atoms with Crippen LogP contribution in [0.3, 0.4) is 0 Å². The van der Waals surface area contributed by atoms with Gasteiger partial charge in [-0.15, -0.1) is 6.58 Å². The summed E-state index contributed by atoms with van der Waals surface area (Å²) in [6.45, 7) is 12.6. The van der Waals surface area contributed by atoms with Crippen LogP contribution in [0.2, 0.25) is 0 Å². The molecule has 5 heteroatoms. The molecule has 136 valence electrons. The standard InChI is InChI=1S/C20H27NO4/c1-6-8-15-9-16-11-21(13-25-19(16)18(10-15)23-5)17(7-2)12-24-20(22)14(3)4/h6,9-10,17H,1,3,7-8,11-13H2,2,4-5H3. The molecule has 1 aliphatic heterocycles. The number of hydrogen-bond donors (Lipinski definition) is 0. The van der Waals surface area contributed by atoms with Gasteiger partial charge in [0.2, 0.25) is 0 Å². The quantitative estimate of drug-likeness (QED) is 0.410. The Morgan fingerprint density at radius 2 is 2.24 bits per heavy atom. The molecule has 0 fully saturated rings. The zero-order chi connectivity index (χ0) is 18.4. The average molecular weight is 345 g/mol. The molecule has 0 saturated carbocycles. The first-order chi connectivity index (χ1) is 12.0. The van der Waals surface area contributed by atoms with Gasteiger partial charge in [0, 0.05) is 23.7 Å². The zero-order valence-corrected chi connectivity index (χ0v) is 15.3. The van der Waals surface area contributed by atoms with E-state index in [2.05, 4.69) is 31.0 Å². The van der Waals surface area contributed by atoms with E-state index in [0.717, 1.165) is 42.0 Å². The fourth-order valence-electron chi connectivity index (χ4n) is 2.86. The van der Waals surface area contributed by atoms with Crippen LogP contribution in [0.4, 0.5) is 0 Å². The maximum Gasteiger partial charge on any atom is 0.333 e. The van der Waals surface area contributed by atoms with E-state index in [1.54, 1.807) is 14.0 Å². The molecule has 1 aromatic rings. The molecule has 0 bridgehead atoms. The summed E-state index contributed by atoms with van der Waals surface area (Å²) in [4.78, 5) is 13.8. The molecule has 0 radical (unpaired) electrons. The van der Waals surface area contributed by atoms with Crippen LogP contribution in [0.5, 0.6) is 11.5 Å². The molecule has 1 aromatic carbocycles.